The lowest BCUT2D eigenvalue weighted by Gasteiger charge is -2.33. The van der Waals surface area contributed by atoms with Crippen LogP contribution in [0.4, 0.5) is 10.5 Å². The van der Waals surface area contributed by atoms with Gasteiger partial charge in [-0.05, 0) is 51.3 Å². The number of piperidine rings is 1. The maximum absolute atomic E-state index is 12.1. The van der Waals surface area contributed by atoms with Gasteiger partial charge in [-0.15, -0.1) is 0 Å². The van der Waals surface area contributed by atoms with Gasteiger partial charge in [0.05, 0.1) is 12.7 Å². The van der Waals surface area contributed by atoms with E-state index < -0.39 is 11.7 Å². The van der Waals surface area contributed by atoms with Crippen LogP contribution < -0.4 is 10.6 Å². The topological polar surface area (TPSA) is 94.1 Å². The van der Waals surface area contributed by atoms with Crippen molar-refractivity contribution in [2.45, 2.75) is 57.9 Å². The molecule has 1 fully saturated rings. The van der Waals surface area contributed by atoms with Gasteiger partial charge >= 0.3 is 6.09 Å². The monoisotopic (exact) mass is 379 g/mol. The molecule has 0 bridgehead atoms. The number of nitrogens with zero attached hydrogens (tertiary/aromatic N) is 1. The van der Waals surface area contributed by atoms with Gasteiger partial charge in [0.1, 0.15) is 5.60 Å². The molecule has 27 heavy (non-hydrogen) atoms. The Morgan fingerprint density at radius 2 is 1.89 bits per heavy atom. The minimum absolute atomic E-state index is 0.227. The van der Waals surface area contributed by atoms with Crippen LogP contribution >= 0.6 is 0 Å². The first-order valence-corrected chi connectivity index (χ1v) is 9.60. The van der Waals surface area contributed by atoms with E-state index in [1.54, 1.807) is 4.90 Å². The molecule has 1 atom stereocenters. The first-order chi connectivity index (χ1) is 12.8. The van der Waals surface area contributed by atoms with Gasteiger partial charge in [0.25, 0.3) is 0 Å². The van der Waals surface area contributed by atoms with E-state index in [9.17, 15) is 9.90 Å². The van der Waals surface area contributed by atoms with Gasteiger partial charge in [-0.3, -0.25) is 0 Å². The SMILES string of the molecule is CC(C)(C)OC(=O)N1CCC(NCc2ccc(NCC(O)CO)cc2)CC1. The largest absolute Gasteiger partial charge is 0.444 e. The molecule has 1 aliphatic heterocycles. The smallest absolute Gasteiger partial charge is 0.410 e. The van der Waals surface area contributed by atoms with Crippen molar-refractivity contribution in [1.29, 1.82) is 0 Å². The Morgan fingerprint density at radius 1 is 1.26 bits per heavy atom. The molecule has 1 aliphatic rings. The van der Waals surface area contributed by atoms with E-state index >= 15 is 0 Å². The molecule has 7 nitrogen and oxygen atoms in total. The number of rotatable bonds is 7. The minimum Gasteiger partial charge on any atom is -0.444 e. The molecule has 0 spiro atoms. The summed E-state index contributed by atoms with van der Waals surface area (Å²) in [5.41, 5.74) is 1.64. The number of aliphatic hydroxyl groups excluding tert-OH is 2. The first kappa shape index (κ1) is 21.5. The number of amides is 1. The third-order valence-corrected chi connectivity index (χ3v) is 4.45. The van der Waals surface area contributed by atoms with Gasteiger partial charge in [0.15, 0.2) is 0 Å². The molecule has 1 aromatic rings. The van der Waals surface area contributed by atoms with Gasteiger partial charge in [-0.1, -0.05) is 12.1 Å². The third-order valence-electron chi connectivity index (χ3n) is 4.45. The van der Waals surface area contributed by atoms with Gasteiger partial charge in [0, 0.05) is 37.9 Å². The second-order valence-corrected chi connectivity index (χ2v) is 8.04. The summed E-state index contributed by atoms with van der Waals surface area (Å²) in [4.78, 5) is 13.9. The number of benzene rings is 1. The van der Waals surface area contributed by atoms with Crippen LogP contribution in [0.2, 0.25) is 0 Å². The summed E-state index contributed by atoms with van der Waals surface area (Å²) in [5.74, 6) is 0. The van der Waals surface area contributed by atoms with Crippen LogP contribution in [0.15, 0.2) is 24.3 Å². The molecule has 7 heteroatoms. The van der Waals surface area contributed by atoms with Crippen LogP contribution in [-0.2, 0) is 11.3 Å². The Kier molecular flexibility index (Phi) is 7.89. The highest BCUT2D eigenvalue weighted by molar-refractivity contribution is 5.68. The molecule has 0 saturated carbocycles. The zero-order valence-electron chi connectivity index (χ0n) is 16.6. The van der Waals surface area contributed by atoms with E-state index in [0.29, 0.717) is 25.7 Å². The first-order valence-electron chi connectivity index (χ1n) is 9.60. The Bertz CT molecular complexity index is 578. The Balaban J connectivity index is 1.70. The standard InChI is InChI=1S/C20H33N3O4/c1-20(2,3)27-19(26)23-10-8-17(9-11-23)21-12-15-4-6-16(7-5-15)22-13-18(25)14-24/h4-7,17-18,21-22,24-25H,8-14H2,1-3H3. The predicted octanol–water partition coefficient (Wildman–Crippen LogP) is 1.94. The van der Waals surface area contributed by atoms with Gasteiger partial charge in [0.2, 0.25) is 0 Å². The zero-order valence-corrected chi connectivity index (χ0v) is 16.6. The van der Waals surface area contributed by atoms with Crippen molar-refractivity contribution in [3.63, 3.8) is 0 Å². The maximum atomic E-state index is 12.1. The Hall–Kier alpha value is -1.83. The van der Waals surface area contributed by atoms with Crippen molar-refractivity contribution in [2.75, 3.05) is 31.6 Å². The molecular formula is C20H33N3O4. The number of likely N-dealkylation sites (tertiary alicyclic amines) is 1. The van der Waals surface area contributed by atoms with Gasteiger partial charge in [-0.25, -0.2) is 4.79 Å². The number of anilines is 1. The van der Waals surface area contributed by atoms with Gasteiger partial charge in [-0.2, -0.15) is 0 Å². The van der Waals surface area contributed by atoms with E-state index in [2.05, 4.69) is 10.6 Å². The summed E-state index contributed by atoms with van der Waals surface area (Å²) in [5, 5.41) is 24.8. The molecule has 1 aromatic carbocycles. The fourth-order valence-electron chi connectivity index (χ4n) is 2.90. The molecule has 1 heterocycles. The van der Waals surface area contributed by atoms with E-state index in [1.165, 1.54) is 5.56 Å². The Labute approximate surface area is 161 Å². The maximum Gasteiger partial charge on any atom is 0.410 e. The Morgan fingerprint density at radius 3 is 2.44 bits per heavy atom. The molecular weight excluding hydrogens is 346 g/mol. The van der Waals surface area contributed by atoms with E-state index in [4.69, 9.17) is 9.84 Å². The molecule has 0 radical (unpaired) electrons. The summed E-state index contributed by atoms with van der Waals surface area (Å²) in [7, 11) is 0. The fraction of sp³-hybridized carbons (Fsp3) is 0.650. The lowest BCUT2D eigenvalue weighted by molar-refractivity contribution is 0.0198. The molecule has 2 rings (SSSR count). The average molecular weight is 380 g/mol. The van der Waals surface area contributed by atoms with E-state index in [-0.39, 0.29) is 12.7 Å². The van der Waals surface area contributed by atoms with Crippen LogP contribution in [0, 0.1) is 0 Å². The fourth-order valence-corrected chi connectivity index (χ4v) is 2.90. The predicted molar refractivity (Wildman–Crippen MR) is 106 cm³/mol. The van der Waals surface area contributed by atoms with Crippen molar-refractivity contribution in [3.8, 4) is 0 Å². The van der Waals surface area contributed by atoms with Crippen LogP contribution in [0.5, 0.6) is 0 Å². The number of carbonyl (C=O) groups excluding carboxylic acids is 1. The summed E-state index contributed by atoms with van der Waals surface area (Å²) < 4.78 is 5.43. The normalized spacial score (nSPS) is 16.9. The van der Waals surface area contributed by atoms with Crippen molar-refractivity contribution in [2.24, 2.45) is 0 Å². The number of aliphatic hydroxyl groups is 2. The van der Waals surface area contributed by atoms with Crippen LogP contribution in [0.25, 0.3) is 0 Å². The summed E-state index contributed by atoms with van der Waals surface area (Å²) in [6.07, 6.45) is 0.851. The molecule has 1 saturated heterocycles. The number of hydrogen-bond donors (Lipinski definition) is 4. The number of hydrogen-bond acceptors (Lipinski definition) is 6. The van der Waals surface area contributed by atoms with Crippen molar-refractivity contribution < 1.29 is 19.7 Å². The lowest BCUT2D eigenvalue weighted by Crippen LogP contribution is -2.46. The second-order valence-electron chi connectivity index (χ2n) is 8.04. The average Bonchev–Trinajstić information content (AvgIpc) is 2.64. The highest BCUT2D eigenvalue weighted by Crippen LogP contribution is 2.16. The number of carbonyl (C=O) groups is 1. The van der Waals surface area contributed by atoms with Crippen molar-refractivity contribution in [3.05, 3.63) is 29.8 Å². The molecule has 152 valence electrons. The van der Waals surface area contributed by atoms with Crippen LogP contribution in [-0.4, -0.2) is 65.2 Å². The van der Waals surface area contributed by atoms with Crippen molar-refractivity contribution >= 4 is 11.8 Å². The number of nitrogens with one attached hydrogen (secondary N) is 2. The highest BCUT2D eigenvalue weighted by Gasteiger charge is 2.26. The quantitative estimate of drug-likeness (QED) is 0.578. The molecule has 0 aliphatic carbocycles. The minimum atomic E-state index is -0.752. The van der Waals surface area contributed by atoms with Crippen molar-refractivity contribution in [1.82, 2.24) is 10.2 Å². The van der Waals surface area contributed by atoms with Gasteiger partial charge < -0.3 is 30.5 Å². The molecule has 1 unspecified atom stereocenters. The number of ether oxygens (including phenoxy) is 1. The molecule has 0 aromatic heterocycles. The summed E-state index contributed by atoms with van der Waals surface area (Å²) in [6, 6.07) is 8.40. The zero-order chi connectivity index (χ0) is 19.9. The second kappa shape index (κ2) is 9.92. The highest BCUT2D eigenvalue weighted by atomic mass is 16.6. The third kappa shape index (κ3) is 7.74. The summed E-state index contributed by atoms with van der Waals surface area (Å²) in [6.45, 7) is 7.92. The lowest BCUT2D eigenvalue weighted by atomic mass is 10.0. The molecule has 4 N–H and O–H groups in total. The molecule has 1 amide bonds. The summed E-state index contributed by atoms with van der Waals surface area (Å²) >= 11 is 0. The van der Waals surface area contributed by atoms with E-state index in [0.717, 1.165) is 25.1 Å². The van der Waals surface area contributed by atoms with E-state index in [1.807, 2.05) is 45.0 Å². The van der Waals surface area contributed by atoms with Crippen LogP contribution in [0.3, 0.4) is 0 Å². The van der Waals surface area contributed by atoms with Crippen LogP contribution in [0.1, 0.15) is 39.2 Å².